The third-order valence-electron chi connectivity index (χ3n) is 4.19. The van der Waals surface area contributed by atoms with Crippen molar-refractivity contribution in [1.29, 1.82) is 0 Å². The number of nitrogens with zero attached hydrogens (tertiary/aromatic N) is 2. The van der Waals surface area contributed by atoms with Gasteiger partial charge in [-0.2, -0.15) is 16.9 Å². The summed E-state index contributed by atoms with van der Waals surface area (Å²) >= 11 is 5.21. The minimum atomic E-state index is -0.152. The Morgan fingerprint density at radius 3 is 2.77 bits per heavy atom. The van der Waals surface area contributed by atoms with E-state index in [9.17, 15) is 4.79 Å². The number of halogens is 1. The topological polar surface area (TPSA) is 56.1 Å². The van der Waals surface area contributed by atoms with Crippen molar-refractivity contribution in [3.8, 4) is 11.4 Å². The van der Waals surface area contributed by atoms with E-state index >= 15 is 0 Å². The number of thioether (sulfide) groups is 1. The van der Waals surface area contributed by atoms with Gasteiger partial charge in [-0.1, -0.05) is 22.0 Å². The van der Waals surface area contributed by atoms with Crippen LogP contribution in [-0.4, -0.2) is 22.8 Å². The SMILES string of the molecule is COc1ccc(-n2nc3c(c2NC(=O)c2cccc(Br)c2)CSC3)cc1. The smallest absolute Gasteiger partial charge is 0.256 e. The van der Waals surface area contributed by atoms with Gasteiger partial charge in [0, 0.05) is 27.1 Å². The van der Waals surface area contributed by atoms with Gasteiger partial charge in [-0.05, 0) is 42.5 Å². The number of anilines is 1. The summed E-state index contributed by atoms with van der Waals surface area (Å²) in [7, 11) is 1.64. The van der Waals surface area contributed by atoms with Crippen molar-refractivity contribution >= 4 is 39.4 Å². The van der Waals surface area contributed by atoms with E-state index in [1.54, 1.807) is 35.7 Å². The summed E-state index contributed by atoms with van der Waals surface area (Å²) in [6.07, 6.45) is 0. The summed E-state index contributed by atoms with van der Waals surface area (Å²) in [5, 5.41) is 7.77. The van der Waals surface area contributed by atoms with E-state index < -0.39 is 0 Å². The summed E-state index contributed by atoms with van der Waals surface area (Å²) < 4.78 is 7.90. The van der Waals surface area contributed by atoms with Gasteiger partial charge in [0.25, 0.3) is 5.91 Å². The molecule has 0 aliphatic carbocycles. The Morgan fingerprint density at radius 1 is 1.23 bits per heavy atom. The van der Waals surface area contributed by atoms with Crippen LogP contribution in [0.25, 0.3) is 5.69 Å². The molecule has 0 unspecified atom stereocenters. The number of rotatable bonds is 4. The Labute approximate surface area is 163 Å². The first-order chi connectivity index (χ1) is 12.7. The number of benzene rings is 2. The molecule has 2 heterocycles. The van der Waals surface area contributed by atoms with Crippen molar-refractivity contribution in [2.75, 3.05) is 12.4 Å². The highest BCUT2D eigenvalue weighted by Crippen LogP contribution is 2.36. The summed E-state index contributed by atoms with van der Waals surface area (Å²) in [5.74, 6) is 3.07. The van der Waals surface area contributed by atoms with E-state index in [-0.39, 0.29) is 5.91 Å². The van der Waals surface area contributed by atoms with Crippen molar-refractivity contribution in [3.05, 3.63) is 69.8 Å². The highest BCUT2D eigenvalue weighted by Gasteiger charge is 2.25. The monoisotopic (exact) mass is 429 g/mol. The van der Waals surface area contributed by atoms with Gasteiger partial charge in [-0.3, -0.25) is 4.79 Å². The molecule has 0 saturated carbocycles. The van der Waals surface area contributed by atoms with Gasteiger partial charge in [0.15, 0.2) is 0 Å². The second-order valence-electron chi connectivity index (χ2n) is 5.84. The Bertz CT molecular complexity index is 969. The van der Waals surface area contributed by atoms with Gasteiger partial charge < -0.3 is 10.1 Å². The third kappa shape index (κ3) is 3.24. The molecule has 0 atom stereocenters. The van der Waals surface area contributed by atoms with Gasteiger partial charge in [-0.15, -0.1) is 0 Å². The van der Waals surface area contributed by atoms with Crippen LogP contribution in [0.5, 0.6) is 5.75 Å². The number of methoxy groups -OCH3 is 1. The lowest BCUT2D eigenvalue weighted by Crippen LogP contribution is -2.16. The largest absolute Gasteiger partial charge is 0.497 e. The maximum absolute atomic E-state index is 12.7. The fraction of sp³-hybridized carbons (Fsp3) is 0.158. The number of amides is 1. The number of nitrogens with one attached hydrogen (secondary N) is 1. The number of aromatic nitrogens is 2. The first kappa shape index (κ1) is 17.2. The molecule has 1 aromatic heterocycles. The molecule has 0 radical (unpaired) electrons. The molecule has 1 aliphatic heterocycles. The van der Waals surface area contributed by atoms with E-state index in [2.05, 4.69) is 21.2 Å². The highest BCUT2D eigenvalue weighted by atomic mass is 79.9. The summed E-state index contributed by atoms with van der Waals surface area (Å²) in [6.45, 7) is 0. The van der Waals surface area contributed by atoms with Gasteiger partial charge in [0.1, 0.15) is 11.6 Å². The summed E-state index contributed by atoms with van der Waals surface area (Å²) in [5.41, 5.74) is 3.60. The van der Waals surface area contributed by atoms with Crippen molar-refractivity contribution in [1.82, 2.24) is 9.78 Å². The molecule has 1 aliphatic rings. The highest BCUT2D eigenvalue weighted by molar-refractivity contribution is 9.10. The predicted molar refractivity (Wildman–Crippen MR) is 107 cm³/mol. The first-order valence-corrected chi connectivity index (χ1v) is 10.0. The lowest BCUT2D eigenvalue weighted by Gasteiger charge is -2.12. The van der Waals surface area contributed by atoms with Crippen molar-refractivity contribution in [3.63, 3.8) is 0 Å². The Kier molecular flexibility index (Phi) is 4.74. The summed E-state index contributed by atoms with van der Waals surface area (Å²) in [4.78, 5) is 12.7. The molecule has 2 aromatic carbocycles. The first-order valence-electron chi connectivity index (χ1n) is 8.05. The van der Waals surface area contributed by atoms with Crippen molar-refractivity contribution in [2.24, 2.45) is 0 Å². The number of carbonyl (C=O) groups is 1. The van der Waals surface area contributed by atoms with Crippen LogP contribution < -0.4 is 10.1 Å². The minimum Gasteiger partial charge on any atom is -0.497 e. The van der Waals surface area contributed by atoms with Crippen LogP contribution >= 0.6 is 27.7 Å². The van der Waals surface area contributed by atoms with Gasteiger partial charge in [0.05, 0.1) is 18.5 Å². The predicted octanol–water partition coefficient (Wildman–Crippen LogP) is 4.64. The van der Waals surface area contributed by atoms with E-state index in [1.165, 1.54) is 0 Å². The molecule has 7 heteroatoms. The molecule has 0 bridgehead atoms. The lowest BCUT2D eigenvalue weighted by molar-refractivity contribution is 0.102. The molecule has 1 N–H and O–H groups in total. The van der Waals surface area contributed by atoms with E-state index in [4.69, 9.17) is 9.84 Å². The van der Waals surface area contributed by atoms with Gasteiger partial charge in [-0.25, -0.2) is 4.68 Å². The minimum absolute atomic E-state index is 0.152. The molecule has 0 fully saturated rings. The van der Waals surface area contributed by atoms with Crippen LogP contribution in [0, 0.1) is 0 Å². The normalized spacial score (nSPS) is 12.7. The molecule has 5 nitrogen and oxygen atoms in total. The number of hydrogen-bond acceptors (Lipinski definition) is 4. The number of carbonyl (C=O) groups excluding carboxylic acids is 1. The number of hydrogen-bond donors (Lipinski definition) is 1. The maximum atomic E-state index is 12.7. The zero-order valence-electron chi connectivity index (χ0n) is 14.0. The fourth-order valence-corrected chi connectivity index (χ4v) is 4.30. The van der Waals surface area contributed by atoms with E-state index in [0.717, 1.165) is 44.5 Å². The maximum Gasteiger partial charge on any atom is 0.256 e. The van der Waals surface area contributed by atoms with Crippen molar-refractivity contribution in [2.45, 2.75) is 11.5 Å². The molecule has 132 valence electrons. The van der Waals surface area contributed by atoms with E-state index in [1.807, 2.05) is 36.4 Å². The number of ether oxygens (including phenoxy) is 1. The standard InChI is InChI=1S/C19H16BrN3O2S/c1-25-15-7-5-14(6-8-15)23-18(16-10-26-11-17(16)22-23)21-19(24)12-3-2-4-13(20)9-12/h2-9H,10-11H2,1H3,(H,21,24). The molecular weight excluding hydrogens is 414 g/mol. The van der Waals surface area contributed by atoms with Crippen LogP contribution in [0.2, 0.25) is 0 Å². The lowest BCUT2D eigenvalue weighted by atomic mass is 10.2. The average Bonchev–Trinajstić information content (AvgIpc) is 3.24. The molecule has 3 aromatic rings. The second kappa shape index (κ2) is 7.17. The zero-order valence-corrected chi connectivity index (χ0v) is 16.4. The van der Waals surface area contributed by atoms with Crippen LogP contribution in [0.1, 0.15) is 21.6 Å². The Balaban J connectivity index is 1.71. The summed E-state index contributed by atoms with van der Waals surface area (Å²) in [6, 6.07) is 15.0. The van der Waals surface area contributed by atoms with Crippen LogP contribution in [0.3, 0.4) is 0 Å². The number of fused-ring (bicyclic) bond motifs is 1. The molecule has 0 saturated heterocycles. The molecule has 1 amide bonds. The quantitative estimate of drug-likeness (QED) is 0.655. The third-order valence-corrected chi connectivity index (χ3v) is 5.65. The van der Waals surface area contributed by atoms with Gasteiger partial charge >= 0.3 is 0 Å². The molecule has 26 heavy (non-hydrogen) atoms. The zero-order chi connectivity index (χ0) is 18.1. The van der Waals surface area contributed by atoms with Crippen molar-refractivity contribution < 1.29 is 9.53 Å². The Morgan fingerprint density at radius 2 is 2.04 bits per heavy atom. The Hall–Kier alpha value is -2.25. The van der Waals surface area contributed by atoms with Crippen LogP contribution in [-0.2, 0) is 11.5 Å². The van der Waals surface area contributed by atoms with Crippen LogP contribution in [0.15, 0.2) is 53.0 Å². The molecular formula is C19H16BrN3O2S. The van der Waals surface area contributed by atoms with E-state index in [0.29, 0.717) is 5.56 Å². The second-order valence-corrected chi connectivity index (χ2v) is 7.74. The molecule has 4 rings (SSSR count). The van der Waals surface area contributed by atoms with Gasteiger partial charge in [0.2, 0.25) is 0 Å². The average molecular weight is 430 g/mol. The fourth-order valence-electron chi connectivity index (χ4n) is 2.86. The van der Waals surface area contributed by atoms with Crippen LogP contribution in [0.4, 0.5) is 5.82 Å². The molecule has 0 spiro atoms.